The molecule has 82 valence electrons. The quantitative estimate of drug-likeness (QED) is 0.504. The van der Waals surface area contributed by atoms with E-state index >= 15 is 0 Å². The van der Waals surface area contributed by atoms with Gasteiger partial charge in [-0.15, -0.1) is 0 Å². The van der Waals surface area contributed by atoms with Gasteiger partial charge in [0.05, 0.1) is 13.5 Å². The smallest absolute Gasteiger partial charge is 0.306 e. The van der Waals surface area contributed by atoms with Gasteiger partial charge in [0.2, 0.25) is 0 Å². The van der Waals surface area contributed by atoms with Crippen LogP contribution in [0.15, 0.2) is 0 Å². The van der Waals surface area contributed by atoms with Crippen molar-refractivity contribution in [1.82, 2.24) is 5.32 Å². The fourth-order valence-corrected chi connectivity index (χ4v) is 1.53. The molecule has 4 nitrogen and oxygen atoms in total. The molecule has 14 heavy (non-hydrogen) atoms. The summed E-state index contributed by atoms with van der Waals surface area (Å²) in [7, 11) is 1.41. The maximum absolute atomic E-state index is 10.7. The Labute approximate surface area is 85.0 Å². The largest absolute Gasteiger partial charge is 0.469 e. The number of carbonyl (C=O) groups excluding carboxylic acids is 1. The van der Waals surface area contributed by atoms with Gasteiger partial charge < -0.3 is 14.8 Å². The van der Waals surface area contributed by atoms with Crippen molar-refractivity contribution in [1.29, 1.82) is 0 Å². The molecule has 0 radical (unpaired) electrons. The lowest BCUT2D eigenvalue weighted by atomic mass is 10.1. The first-order valence-electron chi connectivity index (χ1n) is 5.18. The van der Waals surface area contributed by atoms with E-state index in [1.54, 1.807) is 0 Å². The Morgan fingerprint density at radius 2 is 2.43 bits per heavy atom. The van der Waals surface area contributed by atoms with E-state index in [0.29, 0.717) is 18.9 Å². The third kappa shape index (κ3) is 4.58. The average molecular weight is 201 g/mol. The van der Waals surface area contributed by atoms with Gasteiger partial charge in [0.1, 0.15) is 0 Å². The number of hydrogen-bond donors (Lipinski definition) is 1. The molecule has 0 bridgehead atoms. The molecule has 1 rings (SSSR count). The molecule has 1 heterocycles. The van der Waals surface area contributed by atoms with Crippen LogP contribution in [0.4, 0.5) is 0 Å². The molecular weight excluding hydrogens is 182 g/mol. The van der Waals surface area contributed by atoms with Crippen LogP contribution in [-0.2, 0) is 14.3 Å². The predicted octanol–water partition coefficient (Wildman–Crippen LogP) is 0.566. The van der Waals surface area contributed by atoms with Gasteiger partial charge in [-0.3, -0.25) is 4.79 Å². The van der Waals surface area contributed by atoms with Gasteiger partial charge in [-0.05, 0) is 25.3 Å². The molecule has 0 aromatic rings. The summed E-state index contributed by atoms with van der Waals surface area (Å²) in [6.07, 6.45) is 2.78. The van der Waals surface area contributed by atoms with E-state index in [9.17, 15) is 4.79 Å². The number of rotatable bonds is 6. The van der Waals surface area contributed by atoms with Crippen LogP contribution in [0.5, 0.6) is 0 Å². The molecule has 0 amide bonds. The molecule has 0 spiro atoms. The van der Waals surface area contributed by atoms with E-state index in [1.807, 2.05) is 0 Å². The van der Waals surface area contributed by atoms with Crippen molar-refractivity contribution in [2.75, 3.05) is 33.4 Å². The monoisotopic (exact) mass is 201 g/mol. The molecule has 1 aliphatic heterocycles. The van der Waals surface area contributed by atoms with Crippen molar-refractivity contribution >= 4 is 5.97 Å². The van der Waals surface area contributed by atoms with Crippen LogP contribution in [0.1, 0.15) is 19.3 Å². The van der Waals surface area contributed by atoms with E-state index in [1.165, 1.54) is 13.5 Å². The van der Waals surface area contributed by atoms with Crippen LogP contribution in [0.3, 0.4) is 0 Å². The highest BCUT2D eigenvalue weighted by Crippen LogP contribution is 2.14. The Hall–Kier alpha value is -0.610. The molecule has 0 aliphatic carbocycles. The molecule has 1 fully saturated rings. The summed E-state index contributed by atoms with van der Waals surface area (Å²) < 4.78 is 9.80. The van der Waals surface area contributed by atoms with Crippen molar-refractivity contribution < 1.29 is 14.3 Å². The Balaban J connectivity index is 1.86. The van der Waals surface area contributed by atoms with E-state index < -0.39 is 0 Å². The average Bonchev–Trinajstić information content (AvgIpc) is 2.69. The van der Waals surface area contributed by atoms with Gasteiger partial charge in [-0.25, -0.2) is 0 Å². The first kappa shape index (κ1) is 11.5. The summed E-state index contributed by atoms with van der Waals surface area (Å²) in [5.41, 5.74) is 0. The molecule has 4 heteroatoms. The standard InChI is InChI=1S/C10H19NO3/c1-13-10(12)3-6-11-5-2-9-4-7-14-8-9/h9,11H,2-8H2,1H3. The molecule has 0 aromatic carbocycles. The second-order valence-corrected chi connectivity index (χ2v) is 3.59. The van der Waals surface area contributed by atoms with Gasteiger partial charge in [0, 0.05) is 19.8 Å². The Morgan fingerprint density at radius 3 is 3.07 bits per heavy atom. The topological polar surface area (TPSA) is 47.6 Å². The fourth-order valence-electron chi connectivity index (χ4n) is 1.53. The zero-order valence-electron chi connectivity index (χ0n) is 8.75. The first-order valence-corrected chi connectivity index (χ1v) is 5.18. The number of methoxy groups -OCH3 is 1. The first-order chi connectivity index (χ1) is 6.83. The number of carbonyl (C=O) groups is 1. The third-order valence-electron chi connectivity index (χ3n) is 2.49. The molecular formula is C10H19NO3. The molecule has 0 saturated carbocycles. The fraction of sp³-hybridized carbons (Fsp3) is 0.900. The summed E-state index contributed by atoms with van der Waals surface area (Å²) >= 11 is 0. The van der Waals surface area contributed by atoms with E-state index in [-0.39, 0.29) is 5.97 Å². The van der Waals surface area contributed by atoms with Crippen LogP contribution in [0.2, 0.25) is 0 Å². The van der Waals surface area contributed by atoms with E-state index in [4.69, 9.17) is 4.74 Å². The Bertz CT molecular complexity index is 167. The SMILES string of the molecule is COC(=O)CCNCCC1CCOC1. The second kappa shape index (κ2) is 6.79. The summed E-state index contributed by atoms with van der Waals surface area (Å²) in [5, 5.41) is 3.22. The highest BCUT2D eigenvalue weighted by atomic mass is 16.5. The van der Waals surface area contributed by atoms with E-state index in [0.717, 1.165) is 26.2 Å². The normalized spacial score (nSPS) is 21.1. The lowest BCUT2D eigenvalue weighted by Gasteiger charge is -2.07. The lowest BCUT2D eigenvalue weighted by molar-refractivity contribution is -0.140. The second-order valence-electron chi connectivity index (χ2n) is 3.59. The maximum atomic E-state index is 10.7. The van der Waals surface area contributed by atoms with Gasteiger partial charge in [0.25, 0.3) is 0 Å². The van der Waals surface area contributed by atoms with Crippen molar-refractivity contribution in [3.8, 4) is 0 Å². The molecule has 1 aliphatic rings. The predicted molar refractivity (Wildman–Crippen MR) is 53.0 cm³/mol. The number of nitrogens with one attached hydrogen (secondary N) is 1. The van der Waals surface area contributed by atoms with Crippen LogP contribution >= 0.6 is 0 Å². The number of esters is 1. The van der Waals surface area contributed by atoms with Gasteiger partial charge in [0.15, 0.2) is 0 Å². The Morgan fingerprint density at radius 1 is 1.57 bits per heavy atom. The van der Waals surface area contributed by atoms with Crippen LogP contribution < -0.4 is 5.32 Å². The van der Waals surface area contributed by atoms with Gasteiger partial charge >= 0.3 is 5.97 Å². The highest BCUT2D eigenvalue weighted by Gasteiger charge is 2.14. The van der Waals surface area contributed by atoms with Gasteiger partial charge in [-0.2, -0.15) is 0 Å². The molecule has 1 unspecified atom stereocenters. The summed E-state index contributed by atoms with van der Waals surface area (Å²) in [5.74, 6) is 0.558. The molecule has 1 N–H and O–H groups in total. The maximum Gasteiger partial charge on any atom is 0.306 e. The molecule has 0 aromatic heterocycles. The van der Waals surface area contributed by atoms with Gasteiger partial charge in [-0.1, -0.05) is 0 Å². The van der Waals surface area contributed by atoms with Crippen LogP contribution in [0, 0.1) is 5.92 Å². The van der Waals surface area contributed by atoms with Crippen LogP contribution in [0.25, 0.3) is 0 Å². The minimum Gasteiger partial charge on any atom is -0.469 e. The summed E-state index contributed by atoms with van der Waals surface area (Å²) in [6.45, 7) is 3.48. The lowest BCUT2D eigenvalue weighted by Crippen LogP contribution is -2.22. The summed E-state index contributed by atoms with van der Waals surface area (Å²) in [6, 6.07) is 0. The van der Waals surface area contributed by atoms with E-state index in [2.05, 4.69) is 10.1 Å². The van der Waals surface area contributed by atoms with Crippen molar-refractivity contribution in [2.45, 2.75) is 19.3 Å². The van der Waals surface area contributed by atoms with Crippen molar-refractivity contribution in [3.05, 3.63) is 0 Å². The molecule has 1 saturated heterocycles. The number of hydrogen-bond acceptors (Lipinski definition) is 4. The third-order valence-corrected chi connectivity index (χ3v) is 2.49. The minimum atomic E-state index is -0.151. The molecule has 1 atom stereocenters. The Kier molecular flexibility index (Phi) is 5.56. The highest BCUT2D eigenvalue weighted by molar-refractivity contribution is 5.69. The number of ether oxygens (including phenoxy) is 2. The zero-order chi connectivity index (χ0) is 10.2. The zero-order valence-corrected chi connectivity index (χ0v) is 8.75. The van der Waals surface area contributed by atoms with Crippen molar-refractivity contribution in [2.24, 2.45) is 5.92 Å². The van der Waals surface area contributed by atoms with Crippen LogP contribution in [-0.4, -0.2) is 39.4 Å². The van der Waals surface area contributed by atoms with Crippen molar-refractivity contribution in [3.63, 3.8) is 0 Å². The summed E-state index contributed by atoms with van der Waals surface area (Å²) in [4.78, 5) is 10.7. The minimum absolute atomic E-state index is 0.151.